The number of benzene rings is 1. The molecule has 0 bridgehead atoms. The normalized spacial score (nSPS) is 12.4. The van der Waals surface area contributed by atoms with Crippen molar-refractivity contribution >= 4 is 23.3 Å². The lowest BCUT2D eigenvalue weighted by Gasteiger charge is -2.33. The minimum atomic E-state index is -0.852. The molecule has 7 nitrogen and oxygen atoms in total. The number of nitrogens with zero attached hydrogens (tertiary/aromatic N) is 3. The molecule has 2 heterocycles. The SMILES string of the molecule is CCc1ccc(C(C(=O)NC(C)(C)C)N(Cc2ccco2)C(=O)c2csnn2)cc1. The van der Waals surface area contributed by atoms with Crippen molar-refractivity contribution in [2.75, 3.05) is 0 Å². The van der Waals surface area contributed by atoms with Gasteiger partial charge in [0.1, 0.15) is 11.8 Å². The van der Waals surface area contributed by atoms with Gasteiger partial charge in [0, 0.05) is 10.9 Å². The van der Waals surface area contributed by atoms with Crippen molar-refractivity contribution in [1.82, 2.24) is 19.8 Å². The third-order valence-corrected chi connectivity index (χ3v) is 5.01. The van der Waals surface area contributed by atoms with E-state index in [1.54, 1.807) is 23.8 Å². The fraction of sp³-hybridized carbons (Fsp3) is 0.364. The van der Waals surface area contributed by atoms with Gasteiger partial charge in [-0.3, -0.25) is 9.59 Å². The van der Waals surface area contributed by atoms with Gasteiger partial charge in [-0.2, -0.15) is 0 Å². The maximum Gasteiger partial charge on any atom is 0.276 e. The first-order valence-corrected chi connectivity index (χ1v) is 10.6. The molecule has 0 aliphatic rings. The van der Waals surface area contributed by atoms with Crippen molar-refractivity contribution in [1.29, 1.82) is 0 Å². The summed E-state index contributed by atoms with van der Waals surface area (Å²) in [6.07, 6.45) is 2.43. The van der Waals surface area contributed by atoms with Crippen LogP contribution in [0.25, 0.3) is 0 Å². The number of rotatable bonds is 7. The highest BCUT2D eigenvalue weighted by molar-refractivity contribution is 7.03. The first-order valence-electron chi connectivity index (χ1n) is 9.79. The number of aryl methyl sites for hydroxylation is 1. The number of nitrogens with one attached hydrogen (secondary N) is 1. The molecule has 0 radical (unpaired) electrons. The molecule has 0 saturated heterocycles. The van der Waals surface area contributed by atoms with Crippen LogP contribution in [0.1, 0.15) is 61.1 Å². The van der Waals surface area contributed by atoms with Crippen molar-refractivity contribution in [2.24, 2.45) is 0 Å². The Kier molecular flexibility index (Phi) is 6.66. The Hall–Kier alpha value is -3.00. The molecular formula is C22H26N4O3S. The molecule has 158 valence electrons. The summed E-state index contributed by atoms with van der Waals surface area (Å²) in [4.78, 5) is 28.2. The van der Waals surface area contributed by atoms with Gasteiger partial charge in [-0.1, -0.05) is 35.7 Å². The van der Waals surface area contributed by atoms with Crippen molar-refractivity contribution in [3.8, 4) is 0 Å². The molecule has 2 aromatic heterocycles. The van der Waals surface area contributed by atoms with E-state index in [0.29, 0.717) is 5.76 Å². The lowest BCUT2D eigenvalue weighted by molar-refractivity contribution is -0.127. The zero-order valence-corrected chi connectivity index (χ0v) is 18.4. The highest BCUT2D eigenvalue weighted by Crippen LogP contribution is 2.27. The summed E-state index contributed by atoms with van der Waals surface area (Å²) in [5.74, 6) is -0.0751. The summed E-state index contributed by atoms with van der Waals surface area (Å²) in [7, 11) is 0. The topological polar surface area (TPSA) is 88.3 Å². The van der Waals surface area contributed by atoms with E-state index < -0.39 is 11.6 Å². The maximum absolute atomic E-state index is 13.4. The van der Waals surface area contributed by atoms with Crippen molar-refractivity contribution in [2.45, 2.75) is 52.2 Å². The predicted molar refractivity (Wildman–Crippen MR) is 115 cm³/mol. The summed E-state index contributed by atoms with van der Waals surface area (Å²) in [6.45, 7) is 7.92. The zero-order valence-electron chi connectivity index (χ0n) is 17.6. The van der Waals surface area contributed by atoms with Gasteiger partial charge in [-0.05, 0) is 62.0 Å². The summed E-state index contributed by atoms with van der Waals surface area (Å²) >= 11 is 1.09. The molecule has 2 amide bonds. The third-order valence-electron chi connectivity index (χ3n) is 4.51. The number of amides is 2. The van der Waals surface area contributed by atoms with E-state index in [9.17, 15) is 9.59 Å². The molecule has 8 heteroatoms. The first-order chi connectivity index (χ1) is 14.3. The molecule has 0 aliphatic heterocycles. The molecule has 0 saturated carbocycles. The molecule has 1 unspecified atom stereocenters. The van der Waals surface area contributed by atoms with Crippen molar-refractivity contribution in [3.05, 3.63) is 70.6 Å². The molecule has 3 aromatic rings. The number of furan rings is 1. The van der Waals surface area contributed by atoms with Crippen LogP contribution >= 0.6 is 11.5 Å². The Morgan fingerprint density at radius 3 is 2.47 bits per heavy atom. The largest absolute Gasteiger partial charge is 0.467 e. The number of hydrogen-bond donors (Lipinski definition) is 1. The first kappa shape index (κ1) is 21.7. The third kappa shape index (κ3) is 5.33. The lowest BCUT2D eigenvalue weighted by atomic mass is 9.99. The maximum atomic E-state index is 13.4. The molecule has 1 N–H and O–H groups in total. The predicted octanol–water partition coefficient (Wildman–Crippen LogP) is 3.99. The number of carbonyl (C=O) groups excluding carboxylic acids is 2. The fourth-order valence-corrected chi connectivity index (χ4v) is 3.53. The van der Waals surface area contributed by atoms with Gasteiger partial charge >= 0.3 is 0 Å². The van der Waals surface area contributed by atoms with Gasteiger partial charge in [-0.15, -0.1) is 5.10 Å². The van der Waals surface area contributed by atoms with Gasteiger partial charge in [0.2, 0.25) is 5.91 Å². The fourth-order valence-electron chi connectivity index (χ4n) is 3.10. The molecule has 30 heavy (non-hydrogen) atoms. The minimum Gasteiger partial charge on any atom is -0.467 e. The van der Waals surface area contributed by atoms with Crippen LogP contribution in [0.5, 0.6) is 0 Å². The molecule has 0 fully saturated rings. The monoisotopic (exact) mass is 426 g/mol. The van der Waals surface area contributed by atoms with Crippen LogP contribution < -0.4 is 5.32 Å². The van der Waals surface area contributed by atoms with E-state index in [-0.39, 0.29) is 24.1 Å². The van der Waals surface area contributed by atoms with E-state index in [1.165, 1.54) is 4.90 Å². The Bertz CT molecular complexity index is 961. The van der Waals surface area contributed by atoms with E-state index >= 15 is 0 Å². The summed E-state index contributed by atoms with van der Waals surface area (Å²) in [5, 5.41) is 8.51. The summed E-state index contributed by atoms with van der Waals surface area (Å²) < 4.78 is 9.28. The zero-order chi connectivity index (χ0) is 21.7. The Labute approximate surface area is 180 Å². The molecular weight excluding hydrogens is 400 g/mol. The van der Waals surface area contributed by atoms with Gasteiger partial charge in [-0.25, -0.2) is 0 Å². The molecule has 1 aromatic carbocycles. The van der Waals surface area contributed by atoms with E-state index in [4.69, 9.17) is 4.42 Å². The molecule has 0 spiro atoms. The van der Waals surface area contributed by atoms with Crippen LogP contribution in [-0.4, -0.2) is 31.8 Å². The van der Waals surface area contributed by atoms with E-state index in [0.717, 1.165) is 29.1 Å². The van der Waals surface area contributed by atoms with Gasteiger partial charge in [0.25, 0.3) is 5.91 Å². The molecule has 0 aliphatic carbocycles. The van der Waals surface area contributed by atoms with Crippen LogP contribution in [0.2, 0.25) is 0 Å². The Balaban J connectivity index is 2.06. The van der Waals surface area contributed by atoms with Crippen molar-refractivity contribution in [3.63, 3.8) is 0 Å². The van der Waals surface area contributed by atoms with Crippen LogP contribution in [0.15, 0.2) is 52.5 Å². The standard InChI is InChI=1S/C22H26N4O3S/c1-5-15-8-10-16(11-9-15)19(20(27)23-22(2,3)4)26(13-17-7-6-12-29-17)21(28)18-14-30-25-24-18/h6-12,14,19H,5,13H2,1-4H3,(H,23,27). The van der Waals surface area contributed by atoms with Crippen LogP contribution in [0, 0.1) is 0 Å². The highest BCUT2D eigenvalue weighted by Gasteiger charge is 2.35. The van der Waals surface area contributed by atoms with Gasteiger partial charge in [0.15, 0.2) is 5.69 Å². The molecule has 1 atom stereocenters. The number of aromatic nitrogens is 2. The number of hydrogen-bond acceptors (Lipinski definition) is 6. The second kappa shape index (κ2) is 9.21. The van der Waals surface area contributed by atoms with E-state index in [2.05, 4.69) is 21.8 Å². The number of carbonyl (C=O) groups is 2. The van der Waals surface area contributed by atoms with Crippen LogP contribution in [0.3, 0.4) is 0 Å². The summed E-state index contributed by atoms with van der Waals surface area (Å²) in [6, 6.07) is 10.4. The second-order valence-corrected chi connectivity index (χ2v) is 8.65. The average Bonchev–Trinajstić information content (AvgIpc) is 3.40. The lowest BCUT2D eigenvalue weighted by Crippen LogP contribution is -2.49. The molecule has 3 rings (SSSR count). The average molecular weight is 427 g/mol. The van der Waals surface area contributed by atoms with Crippen molar-refractivity contribution < 1.29 is 14.0 Å². The van der Waals surface area contributed by atoms with E-state index in [1.807, 2.05) is 45.0 Å². The Morgan fingerprint density at radius 1 is 1.20 bits per heavy atom. The highest BCUT2D eigenvalue weighted by atomic mass is 32.1. The second-order valence-electron chi connectivity index (χ2n) is 8.04. The van der Waals surface area contributed by atoms with Crippen LogP contribution in [-0.2, 0) is 17.8 Å². The van der Waals surface area contributed by atoms with Crippen LogP contribution in [0.4, 0.5) is 0 Å². The minimum absolute atomic E-state index is 0.126. The summed E-state index contributed by atoms with van der Waals surface area (Å²) in [5.41, 5.74) is 1.61. The quantitative estimate of drug-likeness (QED) is 0.617. The van der Waals surface area contributed by atoms with Gasteiger partial charge in [0.05, 0.1) is 12.8 Å². The Morgan fingerprint density at radius 2 is 1.93 bits per heavy atom. The van der Waals surface area contributed by atoms with Gasteiger partial charge < -0.3 is 14.6 Å². The smallest absolute Gasteiger partial charge is 0.276 e.